The Bertz CT molecular complexity index is 406. The van der Waals surface area contributed by atoms with Crippen molar-refractivity contribution in [3.8, 4) is 5.75 Å². The summed E-state index contributed by atoms with van der Waals surface area (Å²) in [6.45, 7) is 6.54. The number of nitrogens with zero attached hydrogens (tertiary/aromatic N) is 2. The van der Waals surface area contributed by atoms with E-state index in [2.05, 4.69) is 11.5 Å². The highest BCUT2D eigenvalue weighted by molar-refractivity contribution is 5.87. The van der Waals surface area contributed by atoms with Gasteiger partial charge in [0.1, 0.15) is 5.75 Å². The largest absolute Gasteiger partial charge is 0.508 e. The van der Waals surface area contributed by atoms with Gasteiger partial charge in [0.05, 0.1) is 0 Å². The quantitative estimate of drug-likeness (QED) is 0.780. The molecule has 0 bridgehead atoms. The summed E-state index contributed by atoms with van der Waals surface area (Å²) in [7, 11) is 0. The normalized spacial score (nSPS) is 15.8. The molecule has 1 amide bonds. The Labute approximate surface area is 101 Å². The van der Waals surface area contributed by atoms with Crippen molar-refractivity contribution in [3.05, 3.63) is 36.9 Å². The van der Waals surface area contributed by atoms with Crippen LogP contribution in [0.4, 0.5) is 5.69 Å². The van der Waals surface area contributed by atoms with E-state index in [-0.39, 0.29) is 11.7 Å². The highest BCUT2D eigenvalue weighted by atomic mass is 16.3. The van der Waals surface area contributed by atoms with Crippen LogP contribution >= 0.6 is 0 Å². The average Bonchev–Trinajstić information content (AvgIpc) is 2.39. The van der Waals surface area contributed by atoms with Crippen LogP contribution in [-0.2, 0) is 4.79 Å². The zero-order chi connectivity index (χ0) is 12.3. The molecule has 0 atom stereocenters. The number of hydrogen-bond acceptors (Lipinski definition) is 3. The molecule has 0 aliphatic carbocycles. The molecule has 0 radical (unpaired) electrons. The monoisotopic (exact) mass is 232 g/mol. The minimum atomic E-state index is -0.00430. The maximum atomic E-state index is 11.4. The van der Waals surface area contributed by atoms with E-state index in [1.807, 2.05) is 12.1 Å². The first kappa shape index (κ1) is 11.5. The highest BCUT2D eigenvalue weighted by Gasteiger charge is 2.19. The Balaban J connectivity index is 1.97. The zero-order valence-electron chi connectivity index (χ0n) is 9.67. The maximum absolute atomic E-state index is 11.4. The molecule has 1 heterocycles. The summed E-state index contributed by atoms with van der Waals surface area (Å²) in [6, 6.07) is 7.13. The third-order valence-corrected chi connectivity index (χ3v) is 2.98. The Morgan fingerprint density at radius 2 is 1.76 bits per heavy atom. The predicted octanol–water partition coefficient (Wildman–Crippen LogP) is 1.23. The molecule has 1 N–H and O–H groups in total. The van der Waals surface area contributed by atoms with Crippen molar-refractivity contribution >= 4 is 11.6 Å². The van der Waals surface area contributed by atoms with E-state index < -0.39 is 0 Å². The first-order valence-electron chi connectivity index (χ1n) is 5.66. The van der Waals surface area contributed by atoms with Crippen molar-refractivity contribution in [2.45, 2.75) is 0 Å². The summed E-state index contributed by atoms with van der Waals surface area (Å²) in [5.74, 6) is 0.268. The van der Waals surface area contributed by atoms with Gasteiger partial charge in [-0.05, 0) is 30.3 Å². The topological polar surface area (TPSA) is 43.8 Å². The molecule has 1 aromatic rings. The van der Waals surface area contributed by atoms with E-state index in [1.165, 1.54) is 6.08 Å². The fourth-order valence-electron chi connectivity index (χ4n) is 1.98. The van der Waals surface area contributed by atoms with E-state index in [1.54, 1.807) is 17.0 Å². The minimum absolute atomic E-state index is 0.00430. The van der Waals surface area contributed by atoms with Crippen molar-refractivity contribution in [1.82, 2.24) is 4.90 Å². The molecule has 2 rings (SSSR count). The molecule has 1 aromatic carbocycles. The smallest absolute Gasteiger partial charge is 0.246 e. The SMILES string of the molecule is C=CC(=O)N1CCN(c2ccc(O)cc2)CC1. The second kappa shape index (κ2) is 4.91. The zero-order valence-corrected chi connectivity index (χ0v) is 9.67. The number of phenolic OH excluding ortho intramolecular Hbond substituents is 1. The van der Waals surface area contributed by atoms with Crippen molar-refractivity contribution in [2.75, 3.05) is 31.1 Å². The van der Waals surface area contributed by atoms with E-state index in [0.29, 0.717) is 13.1 Å². The third-order valence-electron chi connectivity index (χ3n) is 2.98. The van der Waals surface area contributed by atoms with Crippen LogP contribution in [0.2, 0.25) is 0 Å². The molecule has 4 nitrogen and oxygen atoms in total. The van der Waals surface area contributed by atoms with Crippen LogP contribution in [0.3, 0.4) is 0 Å². The summed E-state index contributed by atoms with van der Waals surface area (Å²) in [6.07, 6.45) is 1.36. The molecule has 0 saturated carbocycles. The first-order valence-corrected chi connectivity index (χ1v) is 5.66. The van der Waals surface area contributed by atoms with Gasteiger partial charge in [0, 0.05) is 31.9 Å². The molecular formula is C13H16N2O2. The number of carbonyl (C=O) groups excluding carboxylic acids is 1. The molecule has 90 valence electrons. The standard InChI is InChI=1S/C13H16N2O2/c1-2-13(17)15-9-7-14(8-10-15)11-3-5-12(16)6-4-11/h2-6,16H,1,7-10H2. The van der Waals surface area contributed by atoms with Gasteiger partial charge in [-0.15, -0.1) is 0 Å². The molecule has 1 aliphatic heterocycles. The average molecular weight is 232 g/mol. The number of benzene rings is 1. The molecule has 17 heavy (non-hydrogen) atoms. The Kier molecular flexibility index (Phi) is 3.32. The van der Waals surface area contributed by atoms with Gasteiger partial charge in [0.2, 0.25) is 5.91 Å². The fraction of sp³-hybridized carbons (Fsp3) is 0.308. The highest BCUT2D eigenvalue weighted by Crippen LogP contribution is 2.19. The first-order chi connectivity index (χ1) is 8.20. The lowest BCUT2D eigenvalue weighted by Crippen LogP contribution is -2.48. The summed E-state index contributed by atoms with van der Waals surface area (Å²) in [5.41, 5.74) is 1.08. The lowest BCUT2D eigenvalue weighted by atomic mass is 10.2. The second-order valence-electron chi connectivity index (χ2n) is 4.03. The summed E-state index contributed by atoms with van der Waals surface area (Å²) < 4.78 is 0. The van der Waals surface area contributed by atoms with Crippen LogP contribution in [0.1, 0.15) is 0 Å². The number of carbonyl (C=O) groups is 1. The Hall–Kier alpha value is -1.97. The number of anilines is 1. The third kappa shape index (κ3) is 2.58. The molecule has 1 fully saturated rings. The number of piperazine rings is 1. The minimum Gasteiger partial charge on any atom is -0.508 e. The fourth-order valence-corrected chi connectivity index (χ4v) is 1.98. The number of hydrogen-bond donors (Lipinski definition) is 1. The maximum Gasteiger partial charge on any atom is 0.246 e. The summed E-state index contributed by atoms with van der Waals surface area (Å²) in [4.78, 5) is 15.4. The van der Waals surface area contributed by atoms with Crippen LogP contribution in [0.5, 0.6) is 5.75 Å². The van der Waals surface area contributed by atoms with E-state index in [9.17, 15) is 9.90 Å². The van der Waals surface area contributed by atoms with Gasteiger partial charge < -0.3 is 14.9 Å². The van der Waals surface area contributed by atoms with Crippen LogP contribution in [0.25, 0.3) is 0 Å². The number of amides is 1. The van der Waals surface area contributed by atoms with Crippen LogP contribution in [0, 0.1) is 0 Å². The van der Waals surface area contributed by atoms with Crippen LogP contribution in [-0.4, -0.2) is 42.1 Å². The molecule has 1 aliphatic rings. The van der Waals surface area contributed by atoms with Gasteiger partial charge in [0.15, 0.2) is 0 Å². The van der Waals surface area contributed by atoms with Gasteiger partial charge in [0.25, 0.3) is 0 Å². The molecule has 0 spiro atoms. The van der Waals surface area contributed by atoms with Crippen molar-refractivity contribution < 1.29 is 9.90 Å². The van der Waals surface area contributed by atoms with E-state index in [0.717, 1.165) is 18.8 Å². The lowest BCUT2D eigenvalue weighted by molar-refractivity contribution is -0.126. The molecular weight excluding hydrogens is 216 g/mol. The Morgan fingerprint density at radius 1 is 1.18 bits per heavy atom. The lowest BCUT2D eigenvalue weighted by Gasteiger charge is -2.35. The molecule has 0 unspecified atom stereocenters. The molecule has 4 heteroatoms. The summed E-state index contributed by atoms with van der Waals surface area (Å²) in [5, 5.41) is 9.22. The van der Waals surface area contributed by atoms with Crippen LogP contribution < -0.4 is 4.90 Å². The van der Waals surface area contributed by atoms with Gasteiger partial charge in [-0.3, -0.25) is 4.79 Å². The van der Waals surface area contributed by atoms with Gasteiger partial charge in [-0.1, -0.05) is 6.58 Å². The number of aromatic hydroxyl groups is 1. The van der Waals surface area contributed by atoms with E-state index >= 15 is 0 Å². The van der Waals surface area contributed by atoms with Crippen molar-refractivity contribution in [1.29, 1.82) is 0 Å². The van der Waals surface area contributed by atoms with Crippen LogP contribution in [0.15, 0.2) is 36.9 Å². The number of rotatable bonds is 2. The van der Waals surface area contributed by atoms with Crippen molar-refractivity contribution in [3.63, 3.8) is 0 Å². The van der Waals surface area contributed by atoms with E-state index in [4.69, 9.17) is 0 Å². The Morgan fingerprint density at radius 3 is 2.29 bits per heavy atom. The van der Waals surface area contributed by atoms with Crippen molar-refractivity contribution in [2.24, 2.45) is 0 Å². The van der Waals surface area contributed by atoms with Gasteiger partial charge in [-0.25, -0.2) is 0 Å². The molecule has 1 saturated heterocycles. The number of phenols is 1. The second-order valence-corrected chi connectivity index (χ2v) is 4.03. The van der Waals surface area contributed by atoms with Gasteiger partial charge >= 0.3 is 0 Å². The predicted molar refractivity (Wildman–Crippen MR) is 67.1 cm³/mol. The van der Waals surface area contributed by atoms with Gasteiger partial charge in [-0.2, -0.15) is 0 Å². The summed E-state index contributed by atoms with van der Waals surface area (Å²) >= 11 is 0. The molecule has 0 aromatic heterocycles.